The Kier molecular flexibility index (Phi) is 10.8. The molecule has 2 aromatic rings. The van der Waals surface area contributed by atoms with Crippen molar-refractivity contribution in [2.45, 2.75) is 90.1 Å². The molecule has 1 aromatic heterocycles. The van der Waals surface area contributed by atoms with Crippen LogP contribution in [0.3, 0.4) is 0 Å². The number of hydrogen-bond acceptors (Lipinski definition) is 6. The third-order valence-electron chi connectivity index (χ3n) is 7.17. The SMILES string of the molecule is CC(C#N)(O[Si](C)(C)C)C1CC1.CCCCOc1ncc(C(=O)NCC(C)(O)C2CC2)cc1-c1ccc(Cl)cc1. The van der Waals surface area contributed by atoms with E-state index in [1.807, 2.05) is 19.1 Å². The van der Waals surface area contributed by atoms with E-state index < -0.39 is 19.5 Å². The highest BCUT2D eigenvalue weighted by molar-refractivity contribution is 6.69. The molecule has 0 aliphatic heterocycles. The Balaban J connectivity index is 0.000000307. The minimum Gasteiger partial charge on any atom is -0.477 e. The summed E-state index contributed by atoms with van der Waals surface area (Å²) in [6.07, 6.45) is 7.81. The molecule has 2 unspecified atom stereocenters. The molecule has 2 atom stereocenters. The van der Waals surface area contributed by atoms with Crippen molar-refractivity contribution < 1.29 is 19.1 Å². The van der Waals surface area contributed by atoms with E-state index in [2.05, 4.69) is 42.9 Å². The average Bonchev–Trinajstić information content (AvgIpc) is 3.79. The number of carbonyl (C=O) groups is 1. The first kappa shape index (κ1) is 32.1. The first-order valence-corrected chi connectivity index (χ1v) is 18.1. The number of nitrogens with one attached hydrogen (secondary N) is 1. The molecular weight excluding hydrogens is 542 g/mol. The Bertz CT molecular complexity index is 1180. The van der Waals surface area contributed by atoms with E-state index in [0.717, 1.165) is 49.7 Å². The number of nitrogens with zero attached hydrogens (tertiary/aromatic N) is 2. The van der Waals surface area contributed by atoms with Gasteiger partial charge in [0.15, 0.2) is 8.32 Å². The van der Waals surface area contributed by atoms with E-state index >= 15 is 0 Å². The van der Waals surface area contributed by atoms with Crippen LogP contribution in [0.15, 0.2) is 36.5 Å². The molecule has 1 aromatic carbocycles. The van der Waals surface area contributed by atoms with Gasteiger partial charge in [0.05, 0.1) is 23.8 Å². The second-order valence-electron chi connectivity index (χ2n) is 12.3. The van der Waals surface area contributed by atoms with E-state index in [4.69, 9.17) is 26.0 Å². The van der Waals surface area contributed by atoms with Gasteiger partial charge in [0, 0.05) is 29.2 Å². The molecule has 0 spiro atoms. The monoisotopic (exact) mass is 585 g/mol. The summed E-state index contributed by atoms with van der Waals surface area (Å²) in [4.78, 5) is 17.0. The van der Waals surface area contributed by atoms with E-state index in [0.29, 0.717) is 29.0 Å². The zero-order chi connectivity index (χ0) is 29.6. The molecular formula is C31H44ClN3O4Si. The lowest BCUT2D eigenvalue weighted by Crippen LogP contribution is -2.42. The molecule has 218 valence electrons. The Hall–Kier alpha value is -2.44. The fraction of sp³-hybridized carbons (Fsp3) is 0.581. The maximum Gasteiger partial charge on any atom is 0.252 e. The highest BCUT2D eigenvalue weighted by atomic mass is 35.5. The van der Waals surface area contributed by atoms with Gasteiger partial charge in [-0.3, -0.25) is 4.79 Å². The third-order valence-corrected chi connectivity index (χ3v) is 8.45. The van der Waals surface area contributed by atoms with Crippen LogP contribution in [0.5, 0.6) is 5.88 Å². The van der Waals surface area contributed by atoms with Crippen LogP contribution < -0.4 is 10.1 Å². The van der Waals surface area contributed by atoms with Crippen molar-refractivity contribution in [2.24, 2.45) is 11.8 Å². The number of rotatable bonds is 12. The molecule has 9 heteroatoms. The van der Waals surface area contributed by atoms with Crippen LogP contribution in [-0.4, -0.2) is 48.7 Å². The molecule has 1 heterocycles. The van der Waals surface area contributed by atoms with Crippen LogP contribution in [0.25, 0.3) is 11.1 Å². The van der Waals surface area contributed by atoms with Crippen LogP contribution in [0, 0.1) is 23.2 Å². The number of hydrogen-bond donors (Lipinski definition) is 2. The van der Waals surface area contributed by atoms with Crippen molar-refractivity contribution in [1.29, 1.82) is 5.26 Å². The van der Waals surface area contributed by atoms with Crippen molar-refractivity contribution >= 4 is 25.8 Å². The van der Waals surface area contributed by atoms with Gasteiger partial charge < -0.3 is 19.6 Å². The number of unbranched alkanes of at least 4 members (excludes halogenated alkanes) is 1. The van der Waals surface area contributed by atoms with Crippen LogP contribution in [0.2, 0.25) is 24.7 Å². The van der Waals surface area contributed by atoms with Crippen molar-refractivity contribution in [3.63, 3.8) is 0 Å². The zero-order valence-corrected chi connectivity index (χ0v) is 26.5. The summed E-state index contributed by atoms with van der Waals surface area (Å²) in [5.41, 5.74) is 0.687. The number of pyridine rings is 1. The number of carbonyl (C=O) groups excluding carboxylic acids is 1. The molecule has 2 fully saturated rings. The minimum atomic E-state index is -1.56. The summed E-state index contributed by atoms with van der Waals surface area (Å²) in [6.45, 7) is 13.0. The maximum absolute atomic E-state index is 12.6. The summed E-state index contributed by atoms with van der Waals surface area (Å²) in [7, 11) is -1.56. The second-order valence-corrected chi connectivity index (χ2v) is 17.2. The van der Waals surface area contributed by atoms with E-state index in [-0.39, 0.29) is 18.4 Å². The summed E-state index contributed by atoms with van der Waals surface area (Å²) in [5.74, 6) is 1.00. The van der Waals surface area contributed by atoms with Crippen molar-refractivity contribution in [3.05, 3.63) is 47.1 Å². The summed E-state index contributed by atoms with van der Waals surface area (Å²) < 4.78 is 11.7. The maximum atomic E-state index is 12.6. The smallest absolute Gasteiger partial charge is 0.252 e. The van der Waals surface area contributed by atoms with Crippen LogP contribution >= 0.6 is 11.6 Å². The molecule has 0 saturated heterocycles. The summed E-state index contributed by atoms with van der Waals surface area (Å²) >= 11 is 6.00. The van der Waals surface area contributed by atoms with E-state index in [1.54, 1.807) is 25.1 Å². The predicted molar refractivity (Wildman–Crippen MR) is 162 cm³/mol. The molecule has 4 rings (SSSR count). The molecule has 2 aliphatic carbocycles. The second kappa shape index (κ2) is 13.5. The Morgan fingerprint density at radius 2 is 1.80 bits per heavy atom. The quantitative estimate of drug-likeness (QED) is 0.205. The van der Waals surface area contributed by atoms with Gasteiger partial charge in [0.1, 0.15) is 5.60 Å². The topological polar surface area (TPSA) is 104 Å². The van der Waals surface area contributed by atoms with Gasteiger partial charge in [-0.15, -0.1) is 0 Å². The van der Waals surface area contributed by atoms with Gasteiger partial charge in [0.2, 0.25) is 5.88 Å². The zero-order valence-electron chi connectivity index (χ0n) is 24.7. The first-order valence-electron chi connectivity index (χ1n) is 14.3. The summed E-state index contributed by atoms with van der Waals surface area (Å²) in [6, 6.07) is 11.4. The fourth-order valence-corrected chi connectivity index (χ4v) is 6.13. The first-order chi connectivity index (χ1) is 18.8. The van der Waals surface area contributed by atoms with E-state index in [1.165, 1.54) is 6.20 Å². The highest BCUT2D eigenvalue weighted by Gasteiger charge is 2.45. The molecule has 7 nitrogen and oxygen atoms in total. The van der Waals surface area contributed by atoms with Gasteiger partial charge in [-0.05, 0) is 95.3 Å². The molecule has 1 amide bonds. The van der Waals surface area contributed by atoms with Crippen LogP contribution in [0.4, 0.5) is 0 Å². The van der Waals surface area contributed by atoms with Gasteiger partial charge in [-0.25, -0.2) is 4.98 Å². The molecule has 0 bridgehead atoms. The van der Waals surface area contributed by atoms with Gasteiger partial charge in [-0.2, -0.15) is 5.26 Å². The largest absolute Gasteiger partial charge is 0.477 e. The number of amides is 1. The number of aliphatic hydroxyl groups is 1. The van der Waals surface area contributed by atoms with Crippen molar-refractivity contribution in [3.8, 4) is 23.1 Å². The average molecular weight is 586 g/mol. The summed E-state index contributed by atoms with van der Waals surface area (Å²) in [5, 5.41) is 22.9. The van der Waals surface area contributed by atoms with Crippen LogP contribution in [0.1, 0.15) is 69.7 Å². The van der Waals surface area contributed by atoms with Crippen molar-refractivity contribution in [2.75, 3.05) is 13.2 Å². The number of halogens is 1. The number of aromatic nitrogens is 1. The number of ether oxygens (including phenoxy) is 1. The lowest BCUT2D eigenvalue weighted by atomic mass is 10.0. The van der Waals surface area contributed by atoms with Gasteiger partial charge >= 0.3 is 0 Å². The lowest BCUT2D eigenvalue weighted by molar-refractivity contribution is 0.0354. The fourth-order valence-electron chi connectivity index (χ4n) is 4.52. The van der Waals surface area contributed by atoms with Crippen LogP contribution in [-0.2, 0) is 4.43 Å². The minimum absolute atomic E-state index is 0.224. The molecule has 40 heavy (non-hydrogen) atoms. The normalized spacial score (nSPS) is 17.9. The van der Waals surface area contributed by atoms with Crippen molar-refractivity contribution in [1.82, 2.24) is 10.3 Å². The number of nitriles is 1. The Labute approximate surface area is 245 Å². The lowest BCUT2D eigenvalue weighted by Gasteiger charge is -2.30. The van der Waals surface area contributed by atoms with E-state index in [9.17, 15) is 9.90 Å². The van der Waals surface area contributed by atoms with Gasteiger partial charge in [-0.1, -0.05) is 37.1 Å². The molecule has 2 saturated carbocycles. The Morgan fingerprint density at radius 1 is 1.18 bits per heavy atom. The predicted octanol–water partition coefficient (Wildman–Crippen LogP) is 7.00. The highest BCUT2D eigenvalue weighted by Crippen LogP contribution is 2.42. The molecule has 2 N–H and O–H groups in total. The number of benzene rings is 1. The Morgan fingerprint density at radius 3 is 2.33 bits per heavy atom. The molecule has 2 aliphatic rings. The third kappa shape index (κ3) is 9.59. The van der Waals surface area contributed by atoms with Gasteiger partial charge in [0.25, 0.3) is 5.91 Å². The standard InChI is InChI=1S/C22H27ClN2O3.C9H17NOSi/c1-3-4-11-28-21-19(15-5-9-18(23)10-6-15)12-16(13-24-21)20(26)25-14-22(2,27)17-7-8-17;1-9(7-10,8-5-6-8)11-12(2,3)4/h5-6,9-10,12-13,17,27H,3-4,7-8,11,14H2,1-2H3,(H,25,26);8H,5-6H2,1-4H3. The molecule has 0 radical (unpaired) electrons.